The number of halogens is 4. The van der Waals surface area contributed by atoms with E-state index in [-0.39, 0.29) is 29.6 Å². The van der Waals surface area contributed by atoms with E-state index in [1.807, 2.05) is 0 Å². The predicted octanol–water partition coefficient (Wildman–Crippen LogP) is 5.21. The zero-order chi connectivity index (χ0) is 16.3. The van der Waals surface area contributed by atoms with Crippen molar-refractivity contribution in [2.75, 3.05) is 12.3 Å². The molecule has 0 fully saturated rings. The molecule has 0 atom stereocenters. The lowest BCUT2D eigenvalue weighted by molar-refractivity contribution is -0.136. The van der Waals surface area contributed by atoms with Crippen LogP contribution in [-0.2, 0) is 9.53 Å². The molecule has 2 N–H and O–H groups in total. The first-order valence-electron chi connectivity index (χ1n) is 6.17. The maximum atomic E-state index is 12.2. The SMILES string of the molecule is CCOC(=O)/C(=C\c1c(Cl)ccc(Cl)c1Cl)c1csc(N)n1.Cl. The molecule has 1 aromatic heterocycles. The fraction of sp³-hybridized carbons (Fsp3) is 0.143. The number of anilines is 1. The zero-order valence-electron chi connectivity index (χ0n) is 11.8. The number of carbonyl (C=O) groups is 1. The van der Waals surface area contributed by atoms with Gasteiger partial charge in [-0.05, 0) is 25.1 Å². The number of nitrogen functional groups attached to an aromatic ring is 1. The fourth-order valence-corrected chi connectivity index (χ4v) is 2.88. The van der Waals surface area contributed by atoms with Crippen molar-refractivity contribution in [2.24, 2.45) is 0 Å². The molecule has 0 amide bonds. The quantitative estimate of drug-likeness (QED) is 0.424. The third kappa shape index (κ3) is 4.75. The third-order valence-corrected chi connectivity index (χ3v) is 4.48. The van der Waals surface area contributed by atoms with Crippen LogP contribution in [0.15, 0.2) is 17.5 Å². The molecule has 4 nitrogen and oxygen atoms in total. The summed E-state index contributed by atoms with van der Waals surface area (Å²) in [5, 5.41) is 2.94. The molecule has 1 heterocycles. The molecule has 0 bridgehead atoms. The average molecular weight is 414 g/mol. The molecule has 2 rings (SSSR count). The first-order chi connectivity index (χ1) is 10.4. The Morgan fingerprint density at radius 1 is 1.35 bits per heavy atom. The van der Waals surface area contributed by atoms with E-state index in [9.17, 15) is 4.79 Å². The summed E-state index contributed by atoms with van der Waals surface area (Å²) in [6.45, 7) is 1.94. The second-order valence-corrected chi connectivity index (χ2v) is 6.19. The number of carbonyl (C=O) groups excluding carboxylic acids is 1. The van der Waals surface area contributed by atoms with Gasteiger partial charge in [0.2, 0.25) is 0 Å². The van der Waals surface area contributed by atoms with Crippen LogP contribution >= 0.6 is 58.5 Å². The van der Waals surface area contributed by atoms with Gasteiger partial charge in [0, 0.05) is 16.0 Å². The zero-order valence-corrected chi connectivity index (χ0v) is 15.7. The van der Waals surface area contributed by atoms with Crippen LogP contribution in [0.3, 0.4) is 0 Å². The van der Waals surface area contributed by atoms with E-state index >= 15 is 0 Å². The van der Waals surface area contributed by atoms with E-state index in [4.69, 9.17) is 45.3 Å². The van der Waals surface area contributed by atoms with Crippen molar-refractivity contribution in [3.05, 3.63) is 43.8 Å². The van der Waals surface area contributed by atoms with Gasteiger partial charge in [0.1, 0.15) is 0 Å². The lowest BCUT2D eigenvalue weighted by atomic mass is 10.1. The molecule has 124 valence electrons. The second-order valence-electron chi connectivity index (χ2n) is 4.11. The highest BCUT2D eigenvalue weighted by atomic mass is 35.5. The van der Waals surface area contributed by atoms with Crippen LogP contribution in [0, 0.1) is 0 Å². The minimum atomic E-state index is -0.542. The van der Waals surface area contributed by atoms with E-state index in [1.54, 1.807) is 24.4 Å². The van der Waals surface area contributed by atoms with Crippen molar-refractivity contribution in [3.63, 3.8) is 0 Å². The smallest absolute Gasteiger partial charge is 0.340 e. The summed E-state index contributed by atoms with van der Waals surface area (Å²) in [6, 6.07) is 3.17. The highest BCUT2D eigenvalue weighted by Crippen LogP contribution is 2.34. The normalized spacial score (nSPS) is 11.0. The van der Waals surface area contributed by atoms with Crippen LogP contribution in [0.2, 0.25) is 15.1 Å². The summed E-state index contributed by atoms with van der Waals surface area (Å²) in [7, 11) is 0. The Hall–Kier alpha value is -0.980. The summed E-state index contributed by atoms with van der Waals surface area (Å²) in [6.07, 6.45) is 1.50. The minimum absolute atomic E-state index is 0. The van der Waals surface area contributed by atoms with E-state index in [0.29, 0.717) is 26.4 Å². The van der Waals surface area contributed by atoms with Gasteiger partial charge in [-0.25, -0.2) is 9.78 Å². The molecule has 0 unspecified atom stereocenters. The van der Waals surface area contributed by atoms with Crippen LogP contribution in [0.5, 0.6) is 0 Å². The molecule has 0 saturated carbocycles. The van der Waals surface area contributed by atoms with Crippen LogP contribution in [0.25, 0.3) is 11.6 Å². The molecular weight excluding hydrogens is 402 g/mol. The van der Waals surface area contributed by atoms with Crippen molar-refractivity contribution in [3.8, 4) is 0 Å². The standard InChI is InChI=1S/C14H11Cl3N2O2S.ClH/c1-2-21-13(20)8(11-6-22-14(18)19-11)5-7-9(15)3-4-10(16)12(7)17;/h3-6H,2H2,1H3,(H2,18,19);1H/b8-5-;. The number of benzene rings is 1. The van der Waals surface area contributed by atoms with Gasteiger partial charge in [0.25, 0.3) is 0 Å². The fourth-order valence-electron chi connectivity index (χ4n) is 1.68. The Labute approximate surface area is 158 Å². The first kappa shape index (κ1) is 20.1. The maximum Gasteiger partial charge on any atom is 0.340 e. The third-order valence-electron chi connectivity index (χ3n) is 2.66. The number of ether oxygens (including phenoxy) is 1. The van der Waals surface area contributed by atoms with Gasteiger partial charge in [-0.2, -0.15) is 0 Å². The topological polar surface area (TPSA) is 65.2 Å². The van der Waals surface area contributed by atoms with Crippen LogP contribution in [-0.4, -0.2) is 17.6 Å². The molecule has 1 aromatic carbocycles. The molecule has 0 radical (unpaired) electrons. The summed E-state index contributed by atoms with van der Waals surface area (Å²) in [5.74, 6) is -0.542. The maximum absolute atomic E-state index is 12.2. The largest absolute Gasteiger partial charge is 0.462 e. The number of thiazole rings is 1. The van der Waals surface area contributed by atoms with Gasteiger partial charge in [-0.15, -0.1) is 23.7 Å². The van der Waals surface area contributed by atoms with Crippen molar-refractivity contribution in [1.29, 1.82) is 0 Å². The number of hydrogen-bond acceptors (Lipinski definition) is 5. The Balaban J connectivity index is 0.00000264. The Morgan fingerprint density at radius 3 is 2.57 bits per heavy atom. The predicted molar refractivity (Wildman–Crippen MR) is 99.8 cm³/mol. The molecule has 23 heavy (non-hydrogen) atoms. The lowest BCUT2D eigenvalue weighted by Gasteiger charge is -2.08. The lowest BCUT2D eigenvalue weighted by Crippen LogP contribution is -2.07. The first-order valence-corrected chi connectivity index (χ1v) is 8.19. The molecular formula is C14H12Cl4N2O2S. The Bertz CT molecular complexity index is 746. The highest BCUT2D eigenvalue weighted by Gasteiger charge is 2.18. The summed E-state index contributed by atoms with van der Waals surface area (Å²) < 4.78 is 5.05. The van der Waals surface area contributed by atoms with E-state index < -0.39 is 5.97 Å². The van der Waals surface area contributed by atoms with E-state index in [1.165, 1.54) is 17.4 Å². The summed E-state index contributed by atoms with van der Waals surface area (Å²) in [5.41, 5.74) is 6.65. The number of rotatable bonds is 4. The molecule has 0 aliphatic rings. The minimum Gasteiger partial charge on any atom is -0.462 e. The van der Waals surface area contributed by atoms with Gasteiger partial charge >= 0.3 is 5.97 Å². The number of nitrogens with two attached hydrogens (primary N) is 1. The molecule has 0 spiro atoms. The molecule has 9 heteroatoms. The Kier molecular flexibility index (Phi) is 7.64. The van der Waals surface area contributed by atoms with Gasteiger partial charge in [0.05, 0.1) is 27.9 Å². The molecule has 0 saturated heterocycles. The van der Waals surface area contributed by atoms with E-state index in [2.05, 4.69) is 4.98 Å². The number of hydrogen-bond donors (Lipinski definition) is 1. The Morgan fingerprint density at radius 2 is 2.00 bits per heavy atom. The average Bonchev–Trinajstić information content (AvgIpc) is 2.90. The second kappa shape index (κ2) is 8.76. The molecule has 0 aliphatic carbocycles. The number of nitrogens with zero attached hydrogens (tertiary/aromatic N) is 1. The number of aromatic nitrogens is 1. The van der Waals surface area contributed by atoms with E-state index in [0.717, 1.165) is 0 Å². The van der Waals surface area contributed by atoms with Gasteiger partial charge in [-0.3, -0.25) is 0 Å². The van der Waals surface area contributed by atoms with Gasteiger partial charge < -0.3 is 10.5 Å². The highest BCUT2D eigenvalue weighted by molar-refractivity contribution is 7.13. The van der Waals surface area contributed by atoms with Crippen molar-refractivity contribution in [2.45, 2.75) is 6.92 Å². The monoisotopic (exact) mass is 412 g/mol. The van der Waals surface area contributed by atoms with Crippen molar-refractivity contribution >= 4 is 81.3 Å². The van der Waals surface area contributed by atoms with Gasteiger partial charge in [0.15, 0.2) is 5.13 Å². The summed E-state index contributed by atoms with van der Waals surface area (Å²) >= 11 is 19.5. The summed E-state index contributed by atoms with van der Waals surface area (Å²) in [4.78, 5) is 16.3. The van der Waals surface area contributed by atoms with Crippen LogP contribution in [0.4, 0.5) is 5.13 Å². The van der Waals surface area contributed by atoms with Crippen LogP contribution in [0.1, 0.15) is 18.2 Å². The van der Waals surface area contributed by atoms with Crippen LogP contribution < -0.4 is 5.73 Å². The molecule has 2 aromatic rings. The number of esters is 1. The molecule has 0 aliphatic heterocycles. The van der Waals surface area contributed by atoms with Gasteiger partial charge in [-0.1, -0.05) is 34.8 Å². The van der Waals surface area contributed by atoms with Crippen molar-refractivity contribution in [1.82, 2.24) is 4.98 Å². The van der Waals surface area contributed by atoms with Crippen molar-refractivity contribution < 1.29 is 9.53 Å².